The summed E-state index contributed by atoms with van der Waals surface area (Å²) in [4.78, 5) is 11.1. The lowest BCUT2D eigenvalue weighted by molar-refractivity contribution is 0.232. The van der Waals surface area contributed by atoms with E-state index in [0.717, 1.165) is 38.3 Å². The van der Waals surface area contributed by atoms with Crippen molar-refractivity contribution in [2.75, 3.05) is 26.2 Å². The molecule has 0 radical (unpaired) electrons. The Labute approximate surface area is 123 Å². The molecular formula is C14H17N7. The molecule has 1 saturated heterocycles. The summed E-state index contributed by atoms with van der Waals surface area (Å²) in [5.41, 5.74) is 2.32. The van der Waals surface area contributed by atoms with E-state index < -0.39 is 0 Å². The molecule has 3 rings (SSSR count). The van der Waals surface area contributed by atoms with Crippen molar-refractivity contribution in [2.45, 2.75) is 13.5 Å². The van der Waals surface area contributed by atoms with E-state index in [4.69, 9.17) is 5.26 Å². The normalized spacial score (nSPS) is 15.8. The first kappa shape index (κ1) is 13.7. The SMILES string of the molecule is Cc1nn(-c2ncc(CN3CCNCC3)cn2)cc1C#N. The largest absolute Gasteiger partial charge is 0.314 e. The van der Waals surface area contributed by atoms with Crippen LogP contribution in [-0.2, 0) is 6.54 Å². The molecule has 1 aliphatic rings. The molecule has 0 atom stereocenters. The summed E-state index contributed by atoms with van der Waals surface area (Å²) in [6.45, 7) is 6.82. The standard InChI is InChI=1S/C14H17N7/c1-11-13(6-15)10-21(19-11)14-17-7-12(8-18-14)9-20-4-2-16-3-5-20/h7-8,10,16H,2-5,9H2,1H3. The number of aromatic nitrogens is 4. The number of hydrogen-bond donors (Lipinski definition) is 1. The van der Waals surface area contributed by atoms with Crippen LogP contribution in [0, 0.1) is 18.3 Å². The molecule has 21 heavy (non-hydrogen) atoms. The van der Waals surface area contributed by atoms with Gasteiger partial charge < -0.3 is 5.32 Å². The van der Waals surface area contributed by atoms with Gasteiger partial charge in [-0.05, 0) is 6.92 Å². The van der Waals surface area contributed by atoms with Gasteiger partial charge in [0.1, 0.15) is 6.07 Å². The minimum atomic E-state index is 0.490. The van der Waals surface area contributed by atoms with E-state index in [1.807, 2.05) is 12.4 Å². The zero-order chi connectivity index (χ0) is 14.7. The number of aryl methyl sites for hydroxylation is 1. The second-order valence-corrected chi connectivity index (χ2v) is 5.10. The number of nitrogens with zero attached hydrogens (tertiary/aromatic N) is 6. The van der Waals surface area contributed by atoms with Crippen molar-refractivity contribution in [3.8, 4) is 12.0 Å². The highest BCUT2D eigenvalue weighted by atomic mass is 15.3. The van der Waals surface area contributed by atoms with Crippen LogP contribution in [0.3, 0.4) is 0 Å². The van der Waals surface area contributed by atoms with E-state index in [0.29, 0.717) is 17.2 Å². The third-order valence-electron chi connectivity index (χ3n) is 3.53. The summed E-state index contributed by atoms with van der Waals surface area (Å²) in [6, 6.07) is 2.10. The maximum Gasteiger partial charge on any atom is 0.250 e. The number of rotatable bonds is 3. The summed E-state index contributed by atoms with van der Waals surface area (Å²) in [5.74, 6) is 0.490. The monoisotopic (exact) mass is 283 g/mol. The Morgan fingerprint density at radius 2 is 2.00 bits per heavy atom. The van der Waals surface area contributed by atoms with Gasteiger partial charge in [-0.3, -0.25) is 4.90 Å². The third kappa shape index (κ3) is 3.07. The molecule has 1 fully saturated rings. The molecule has 0 aromatic carbocycles. The minimum absolute atomic E-state index is 0.490. The number of nitrogens with one attached hydrogen (secondary N) is 1. The van der Waals surface area contributed by atoms with E-state index >= 15 is 0 Å². The van der Waals surface area contributed by atoms with Gasteiger partial charge in [0.25, 0.3) is 0 Å². The minimum Gasteiger partial charge on any atom is -0.314 e. The first-order valence-corrected chi connectivity index (χ1v) is 6.97. The van der Waals surface area contributed by atoms with E-state index in [9.17, 15) is 0 Å². The van der Waals surface area contributed by atoms with Crippen LogP contribution in [0.25, 0.3) is 5.95 Å². The number of hydrogen-bond acceptors (Lipinski definition) is 6. The second-order valence-electron chi connectivity index (χ2n) is 5.10. The fraction of sp³-hybridized carbons (Fsp3) is 0.429. The van der Waals surface area contributed by atoms with Gasteiger partial charge in [0, 0.05) is 50.7 Å². The summed E-state index contributed by atoms with van der Waals surface area (Å²) >= 11 is 0. The van der Waals surface area contributed by atoms with Gasteiger partial charge in [-0.2, -0.15) is 10.4 Å². The summed E-state index contributed by atoms with van der Waals surface area (Å²) in [5, 5.41) is 16.5. The molecule has 2 aromatic rings. The van der Waals surface area contributed by atoms with Crippen molar-refractivity contribution in [3.05, 3.63) is 35.4 Å². The highest BCUT2D eigenvalue weighted by molar-refractivity contribution is 5.32. The van der Waals surface area contributed by atoms with Gasteiger partial charge in [-0.15, -0.1) is 0 Å². The Hall–Kier alpha value is -2.30. The molecule has 7 nitrogen and oxygen atoms in total. The predicted octanol–water partition coefficient (Wildman–Crippen LogP) is 0.248. The van der Waals surface area contributed by atoms with Crippen LogP contribution in [0.2, 0.25) is 0 Å². The van der Waals surface area contributed by atoms with E-state index in [1.54, 1.807) is 17.8 Å². The quantitative estimate of drug-likeness (QED) is 0.869. The average Bonchev–Trinajstić information content (AvgIpc) is 2.90. The Kier molecular flexibility index (Phi) is 3.90. The zero-order valence-electron chi connectivity index (χ0n) is 12.0. The van der Waals surface area contributed by atoms with Gasteiger partial charge in [-0.25, -0.2) is 14.6 Å². The molecule has 0 spiro atoms. The lowest BCUT2D eigenvalue weighted by Crippen LogP contribution is -2.42. The molecule has 2 aromatic heterocycles. The lowest BCUT2D eigenvalue weighted by atomic mass is 10.3. The van der Waals surface area contributed by atoms with Gasteiger partial charge in [-0.1, -0.05) is 0 Å². The Balaban J connectivity index is 1.72. The molecule has 0 saturated carbocycles. The fourth-order valence-electron chi connectivity index (χ4n) is 2.35. The Bertz CT molecular complexity index is 647. The molecular weight excluding hydrogens is 266 g/mol. The van der Waals surface area contributed by atoms with Crippen molar-refractivity contribution in [1.29, 1.82) is 5.26 Å². The molecule has 1 N–H and O–H groups in total. The maximum absolute atomic E-state index is 8.95. The molecule has 0 aliphatic carbocycles. The van der Waals surface area contributed by atoms with Crippen molar-refractivity contribution in [1.82, 2.24) is 30.0 Å². The maximum atomic E-state index is 8.95. The molecule has 3 heterocycles. The van der Waals surface area contributed by atoms with E-state index in [-0.39, 0.29) is 0 Å². The average molecular weight is 283 g/mol. The van der Waals surface area contributed by atoms with Gasteiger partial charge >= 0.3 is 0 Å². The summed E-state index contributed by atoms with van der Waals surface area (Å²) in [7, 11) is 0. The molecule has 7 heteroatoms. The molecule has 0 amide bonds. The van der Waals surface area contributed by atoms with Crippen molar-refractivity contribution in [2.24, 2.45) is 0 Å². The van der Waals surface area contributed by atoms with Crippen LogP contribution in [0.15, 0.2) is 18.6 Å². The molecule has 0 unspecified atom stereocenters. The smallest absolute Gasteiger partial charge is 0.250 e. The molecule has 0 bridgehead atoms. The number of nitriles is 1. The van der Waals surface area contributed by atoms with Crippen LogP contribution in [0.1, 0.15) is 16.8 Å². The van der Waals surface area contributed by atoms with Crippen LogP contribution in [0.4, 0.5) is 0 Å². The van der Waals surface area contributed by atoms with Crippen LogP contribution in [-0.4, -0.2) is 50.8 Å². The van der Waals surface area contributed by atoms with E-state index in [2.05, 4.69) is 31.4 Å². The van der Waals surface area contributed by atoms with Crippen molar-refractivity contribution < 1.29 is 0 Å². The highest BCUT2D eigenvalue weighted by Crippen LogP contribution is 2.09. The number of piperazine rings is 1. The molecule has 1 aliphatic heterocycles. The highest BCUT2D eigenvalue weighted by Gasteiger charge is 2.11. The Morgan fingerprint density at radius 3 is 2.62 bits per heavy atom. The van der Waals surface area contributed by atoms with Crippen molar-refractivity contribution >= 4 is 0 Å². The topological polar surface area (TPSA) is 82.7 Å². The van der Waals surface area contributed by atoms with Crippen LogP contribution >= 0.6 is 0 Å². The second kappa shape index (κ2) is 5.99. The first-order chi connectivity index (χ1) is 10.3. The first-order valence-electron chi connectivity index (χ1n) is 6.97. The van der Waals surface area contributed by atoms with Gasteiger partial charge in [0.05, 0.1) is 17.5 Å². The van der Waals surface area contributed by atoms with Gasteiger partial charge in [0.15, 0.2) is 0 Å². The Morgan fingerprint density at radius 1 is 1.29 bits per heavy atom. The zero-order valence-corrected chi connectivity index (χ0v) is 12.0. The predicted molar refractivity (Wildman–Crippen MR) is 76.8 cm³/mol. The van der Waals surface area contributed by atoms with Crippen LogP contribution in [0.5, 0.6) is 0 Å². The summed E-state index contributed by atoms with van der Waals surface area (Å²) in [6.07, 6.45) is 5.31. The van der Waals surface area contributed by atoms with Crippen LogP contribution < -0.4 is 5.32 Å². The molecule has 108 valence electrons. The lowest BCUT2D eigenvalue weighted by Gasteiger charge is -2.26. The third-order valence-corrected chi connectivity index (χ3v) is 3.53. The summed E-state index contributed by atoms with van der Waals surface area (Å²) < 4.78 is 1.54. The fourth-order valence-corrected chi connectivity index (χ4v) is 2.35. The van der Waals surface area contributed by atoms with E-state index in [1.165, 1.54) is 0 Å². The van der Waals surface area contributed by atoms with Crippen molar-refractivity contribution in [3.63, 3.8) is 0 Å². The van der Waals surface area contributed by atoms with Gasteiger partial charge in [0.2, 0.25) is 5.95 Å².